The van der Waals surface area contributed by atoms with Crippen LogP contribution in [0.2, 0.25) is 0 Å². The van der Waals surface area contributed by atoms with Gasteiger partial charge in [0.05, 0.1) is 18.9 Å². The molecule has 2 N–H and O–H groups in total. The van der Waals surface area contributed by atoms with E-state index < -0.39 is 0 Å². The maximum absolute atomic E-state index is 12.2. The van der Waals surface area contributed by atoms with E-state index in [1.807, 2.05) is 64.1 Å². The Bertz CT molecular complexity index is 1130. The van der Waals surface area contributed by atoms with Crippen molar-refractivity contribution in [3.05, 3.63) is 53.7 Å². The smallest absolute Gasteiger partial charge is 0.321 e. The lowest BCUT2D eigenvalue weighted by atomic mass is 10.1. The van der Waals surface area contributed by atoms with Gasteiger partial charge in [-0.3, -0.25) is 4.90 Å². The number of carbonyl (C=O) groups is 1. The topological polar surface area (TPSA) is 88.9 Å². The lowest BCUT2D eigenvalue weighted by Gasteiger charge is -2.18. The molecule has 1 aromatic heterocycles. The number of nitrogens with zero attached hydrogens (tertiary/aromatic N) is 2. The minimum Gasteiger partial charge on any atom is -0.491 e. The van der Waals surface area contributed by atoms with Gasteiger partial charge in [-0.15, -0.1) is 0 Å². The van der Waals surface area contributed by atoms with E-state index in [4.69, 9.17) is 13.9 Å². The van der Waals surface area contributed by atoms with Gasteiger partial charge < -0.3 is 24.5 Å². The number of hydrogen-bond donors (Lipinski definition) is 2. The lowest BCUT2D eigenvalue weighted by molar-refractivity contribution is 0.134. The molecule has 8 nitrogen and oxygen atoms in total. The Balaban J connectivity index is 1.60. The van der Waals surface area contributed by atoms with Crippen molar-refractivity contribution in [2.75, 3.05) is 29.9 Å². The quantitative estimate of drug-likeness (QED) is 0.463. The molecular formula is C25H30N4O4. The van der Waals surface area contributed by atoms with Crippen molar-refractivity contribution in [3.63, 3.8) is 0 Å². The summed E-state index contributed by atoms with van der Waals surface area (Å²) >= 11 is 0. The molecule has 2 aromatic carbocycles. The van der Waals surface area contributed by atoms with Crippen LogP contribution in [0.5, 0.6) is 5.75 Å². The number of carbonyl (C=O) groups excluding carboxylic acids is 1. The average molecular weight is 451 g/mol. The van der Waals surface area contributed by atoms with Gasteiger partial charge in [-0.1, -0.05) is 12.1 Å². The van der Waals surface area contributed by atoms with Crippen LogP contribution in [0.1, 0.15) is 31.9 Å². The number of oxazole rings is 1. The molecular weight excluding hydrogens is 420 g/mol. The highest BCUT2D eigenvalue weighted by Crippen LogP contribution is 2.33. The molecule has 4 rings (SSSR count). The molecule has 1 aliphatic rings. The molecule has 8 heteroatoms. The van der Waals surface area contributed by atoms with Gasteiger partial charge in [0, 0.05) is 42.7 Å². The zero-order valence-corrected chi connectivity index (χ0v) is 19.5. The number of amides is 2. The molecule has 0 spiro atoms. The molecule has 1 fully saturated rings. The summed E-state index contributed by atoms with van der Waals surface area (Å²) in [6.45, 7) is 10.4. The van der Waals surface area contributed by atoms with Crippen molar-refractivity contribution in [3.8, 4) is 17.1 Å². The van der Waals surface area contributed by atoms with E-state index in [9.17, 15) is 4.79 Å². The van der Waals surface area contributed by atoms with E-state index in [2.05, 4.69) is 15.6 Å². The Morgan fingerprint density at radius 2 is 2.09 bits per heavy atom. The third-order valence-corrected chi connectivity index (χ3v) is 5.24. The monoisotopic (exact) mass is 450 g/mol. The van der Waals surface area contributed by atoms with Crippen LogP contribution in [0.25, 0.3) is 11.3 Å². The summed E-state index contributed by atoms with van der Waals surface area (Å²) in [5.41, 5.74) is 4.59. The van der Waals surface area contributed by atoms with E-state index >= 15 is 0 Å². The van der Waals surface area contributed by atoms with Gasteiger partial charge in [0.2, 0.25) is 0 Å². The van der Waals surface area contributed by atoms with Gasteiger partial charge in [0.25, 0.3) is 6.01 Å². The molecule has 2 heterocycles. The fraction of sp³-hybridized carbons (Fsp3) is 0.360. The molecule has 3 aromatic rings. The first kappa shape index (κ1) is 22.7. The Labute approximate surface area is 193 Å². The minimum atomic E-state index is -0.120. The van der Waals surface area contributed by atoms with Crippen LogP contribution in [-0.2, 0) is 11.3 Å². The van der Waals surface area contributed by atoms with Crippen molar-refractivity contribution < 1.29 is 18.7 Å². The molecule has 0 radical (unpaired) electrons. The molecule has 33 heavy (non-hydrogen) atoms. The van der Waals surface area contributed by atoms with Gasteiger partial charge in [-0.05, 0) is 57.0 Å². The number of anilines is 3. The molecule has 2 amide bonds. The number of rotatable bonds is 9. The molecule has 1 saturated heterocycles. The summed E-state index contributed by atoms with van der Waals surface area (Å²) in [7, 11) is 0. The zero-order valence-electron chi connectivity index (χ0n) is 19.5. The summed E-state index contributed by atoms with van der Waals surface area (Å²) in [6.07, 6.45) is 1.67. The largest absolute Gasteiger partial charge is 0.491 e. The van der Waals surface area contributed by atoms with E-state index in [1.54, 1.807) is 11.1 Å². The Kier molecular flexibility index (Phi) is 6.84. The number of aromatic nitrogens is 1. The second-order valence-electron chi connectivity index (χ2n) is 8.21. The highest BCUT2D eigenvalue weighted by Gasteiger charge is 2.23. The van der Waals surface area contributed by atoms with Crippen LogP contribution in [0.3, 0.4) is 0 Å². The second-order valence-corrected chi connectivity index (χ2v) is 8.21. The van der Waals surface area contributed by atoms with Gasteiger partial charge in [0.1, 0.15) is 5.75 Å². The number of urea groups is 1. The third-order valence-electron chi connectivity index (χ3n) is 5.24. The summed E-state index contributed by atoms with van der Waals surface area (Å²) in [5.74, 6) is 1.25. The molecule has 0 atom stereocenters. The molecule has 0 bridgehead atoms. The first-order valence-electron chi connectivity index (χ1n) is 11.2. The normalized spacial score (nSPS) is 13.5. The summed E-state index contributed by atoms with van der Waals surface area (Å²) in [4.78, 5) is 18.3. The molecule has 0 saturated carbocycles. The summed E-state index contributed by atoms with van der Waals surface area (Å²) in [5, 5.41) is 6.10. The second kappa shape index (κ2) is 9.95. The number of ether oxygens (including phenoxy) is 2. The zero-order chi connectivity index (χ0) is 23.4. The third kappa shape index (κ3) is 5.46. The molecule has 0 aliphatic carbocycles. The predicted octanol–water partition coefficient (Wildman–Crippen LogP) is 5.25. The highest BCUT2D eigenvalue weighted by atomic mass is 16.5. The van der Waals surface area contributed by atoms with E-state index in [1.165, 1.54) is 0 Å². The minimum absolute atomic E-state index is 0.000558. The number of benzene rings is 2. The van der Waals surface area contributed by atoms with Gasteiger partial charge in [-0.25, -0.2) is 9.78 Å². The maximum atomic E-state index is 12.2. The van der Waals surface area contributed by atoms with Crippen LogP contribution in [-0.4, -0.2) is 36.8 Å². The fourth-order valence-corrected chi connectivity index (χ4v) is 3.63. The molecule has 0 unspecified atom stereocenters. The van der Waals surface area contributed by atoms with Crippen molar-refractivity contribution in [1.82, 2.24) is 10.3 Å². The number of hydrogen-bond acceptors (Lipinski definition) is 6. The standard InChI is InChI=1S/C25H30N4O4/c1-5-31-15-18-7-6-17(4)22(10-18)28-24-27-14-23(33-24)19-11-20(29-9-8-26-25(29)30)13-21(12-19)32-16(2)3/h6-7,10-14,16H,5,8-9,15H2,1-4H3,(H,26,30)(H,27,28). The molecule has 174 valence electrons. The number of nitrogens with one attached hydrogen (secondary N) is 2. The summed E-state index contributed by atoms with van der Waals surface area (Å²) < 4.78 is 17.5. The van der Waals surface area contributed by atoms with Crippen molar-refractivity contribution >= 4 is 23.4 Å². The highest BCUT2D eigenvalue weighted by molar-refractivity contribution is 5.95. The van der Waals surface area contributed by atoms with Crippen LogP contribution >= 0.6 is 0 Å². The Morgan fingerprint density at radius 3 is 2.82 bits per heavy atom. The van der Waals surface area contributed by atoms with E-state index in [0.717, 1.165) is 28.1 Å². The lowest BCUT2D eigenvalue weighted by Crippen LogP contribution is -2.27. The van der Waals surface area contributed by atoms with Gasteiger partial charge in [0.15, 0.2) is 5.76 Å². The fourth-order valence-electron chi connectivity index (χ4n) is 3.63. The first-order chi connectivity index (χ1) is 15.9. The number of aryl methyl sites for hydroxylation is 1. The van der Waals surface area contributed by atoms with E-state index in [-0.39, 0.29) is 12.1 Å². The maximum Gasteiger partial charge on any atom is 0.321 e. The Morgan fingerprint density at radius 1 is 1.24 bits per heavy atom. The van der Waals surface area contributed by atoms with Crippen LogP contribution in [0, 0.1) is 6.92 Å². The van der Waals surface area contributed by atoms with Gasteiger partial charge in [-0.2, -0.15) is 0 Å². The predicted molar refractivity (Wildman–Crippen MR) is 128 cm³/mol. The Hall–Kier alpha value is -3.52. The van der Waals surface area contributed by atoms with E-state index in [0.29, 0.717) is 43.8 Å². The SMILES string of the molecule is CCOCc1ccc(C)c(Nc2ncc(-c3cc(OC(C)C)cc(N4CCNC4=O)c3)o2)c1. The first-order valence-corrected chi connectivity index (χ1v) is 11.2. The average Bonchev–Trinajstić information content (AvgIpc) is 3.42. The van der Waals surface area contributed by atoms with Crippen molar-refractivity contribution in [2.45, 2.75) is 40.4 Å². The van der Waals surface area contributed by atoms with Gasteiger partial charge >= 0.3 is 6.03 Å². The summed E-state index contributed by atoms with van der Waals surface area (Å²) in [6, 6.07) is 12.1. The molecule has 1 aliphatic heterocycles. The van der Waals surface area contributed by atoms with Crippen LogP contribution in [0.4, 0.5) is 22.2 Å². The van der Waals surface area contributed by atoms with Crippen LogP contribution in [0.15, 0.2) is 47.0 Å². The van der Waals surface area contributed by atoms with Crippen LogP contribution < -0.4 is 20.3 Å². The van der Waals surface area contributed by atoms with Crippen molar-refractivity contribution in [2.24, 2.45) is 0 Å². The van der Waals surface area contributed by atoms with Crippen molar-refractivity contribution in [1.29, 1.82) is 0 Å².